The number of nitro benzene ring substituents is 1. The lowest BCUT2D eigenvalue weighted by Gasteiger charge is -2.09. The van der Waals surface area contributed by atoms with Crippen molar-refractivity contribution in [2.24, 2.45) is 0 Å². The highest BCUT2D eigenvalue weighted by Gasteiger charge is 2.10. The summed E-state index contributed by atoms with van der Waals surface area (Å²) in [6.07, 6.45) is 2.75. The number of nitrogens with one attached hydrogen (secondary N) is 1. The molecule has 0 spiro atoms. The van der Waals surface area contributed by atoms with E-state index in [2.05, 4.69) is 5.32 Å². The Labute approximate surface area is 128 Å². The second-order valence-corrected chi connectivity index (χ2v) is 4.91. The van der Waals surface area contributed by atoms with Gasteiger partial charge in [-0.3, -0.25) is 14.9 Å². The number of benzene rings is 2. The molecule has 112 valence electrons. The van der Waals surface area contributed by atoms with Crippen molar-refractivity contribution in [1.29, 1.82) is 0 Å². The second-order valence-electron chi connectivity index (χ2n) is 4.91. The van der Waals surface area contributed by atoms with E-state index in [9.17, 15) is 14.9 Å². The quantitative estimate of drug-likeness (QED) is 0.529. The minimum Gasteiger partial charge on any atom is -0.322 e. The average Bonchev–Trinajstić information content (AvgIpc) is 2.49. The van der Waals surface area contributed by atoms with Crippen LogP contribution in [0.5, 0.6) is 0 Å². The molecule has 0 bridgehead atoms. The average molecular weight is 296 g/mol. The molecule has 2 rings (SSSR count). The summed E-state index contributed by atoms with van der Waals surface area (Å²) in [6, 6.07) is 12.0. The molecule has 0 atom stereocenters. The molecule has 0 saturated heterocycles. The van der Waals surface area contributed by atoms with E-state index in [1.165, 1.54) is 18.2 Å². The number of rotatable bonds is 4. The first-order valence-electron chi connectivity index (χ1n) is 6.77. The van der Waals surface area contributed by atoms with Gasteiger partial charge in [-0.15, -0.1) is 0 Å². The Hall–Kier alpha value is -2.95. The van der Waals surface area contributed by atoms with Crippen molar-refractivity contribution < 1.29 is 9.72 Å². The second kappa shape index (κ2) is 6.67. The van der Waals surface area contributed by atoms with Gasteiger partial charge < -0.3 is 5.32 Å². The van der Waals surface area contributed by atoms with E-state index < -0.39 is 4.92 Å². The lowest BCUT2D eigenvalue weighted by Crippen LogP contribution is -2.10. The van der Waals surface area contributed by atoms with Crippen molar-refractivity contribution in [3.8, 4) is 0 Å². The molecular formula is C17H16N2O3. The van der Waals surface area contributed by atoms with Gasteiger partial charge in [-0.2, -0.15) is 0 Å². The molecule has 0 unspecified atom stereocenters. The topological polar surface area (TPSA) is 72.2 Å². The van der Waals surface area contributed by atoms with E-state index >= 15 is 0 Å². The van der Waals surface area contributed by atoms with Gasteiger partial charge in [-0.05, 0) is 37.1 Å². The number of hydrogen-bond acceptors (Lipinski definition) is 3. The van der Waals surface area contributed by atoms with Crippen LogP contribution in [0.1, 0.15) is 16.7 Å². The van der Waals surface area contributed by atoms with Gasteiger partial charge in [0.1, 0.15) is 0 Å². The molecule has 0 aliphatic heterocycles. The maximum Gasteiger partial charge on any atom is 0.276 e. The Kier molecular flexibility index (Phi) is 4.68. The Morgan fingerprint density at radius 2 is 1.73 bits per heavy atom. The number of amides is 1. The summed E-state index contributed by atoms with van der Waals surface area (Å²) >= 11 is 0. The van der Waals surface area contributed by atoms with Gasteiger partial charge in [0.2, 0.25) is 5.91 Å². The van der Waals surface area contributed by atoms with Gasteiger partial charge >= 0.3 is 0 Å². The van der Waals surface area contributed by atoms with Crippen LogP contribution in [0.2, 0.25) is 0 Å². The van der Waals surface area contributed by atoms with Gasteiger partial charge in [-0.25, -0.2) is 0 Å². The van der Waals surface area contributed by atoms with Crippen molar-refractivity contribution in [3.05, 3.63) is 75.3 Å². The largest absolute Gasteiger partial charge is 0.322 e. The van der Waals surface area contributed by atoms with Gasteiger partial charge in [0.05, 0.1) is 10.5 Å². The number of anilines is 1. The number of para-hydroxylation sites is 2. The van der Waals surface area contributed by atoms with Crippen LogP contribution in [0, 0.1) is 24.0 Å². The molecule has 0 radical (unpaired) electrons. The van der Waals surface area contributed by atoms with Crippen molar-refractivity contribution in [2.75, 3.05) is 5.32 Å². The van der Waals surface area contributed by atoms with E-state index in [1.54, 1.807) is 18.2 Å². The highest BCUT2D eigenvalue weighted by atomic mass is 16.6. The van der Waals surface area contributed by atoms with Crippen LogP contribution in [0.4, 0.5) is 11.4 Å². The zero-order valence-electron chi connectivity index (χ0n) is 12.4. The fourth-order valence-corrected chi connectivity index (χ4v) is 2.14. The van der Waals surface area contributed by atoms with Crippen molar-refractivity contribution in [2.45, 2.75) is 13.8 Å². The van der Waals surface area contributed by atoms with Crippen molar-refractivity contribution >= 4 is 23.4 Å². The Bertz CT molecular complexity index is 731. The normalized spacial score (nSPS) is 10.6. The van der Waals surface area contributed by atoms with Gasteiger partial charge in [0.15, 0.2) is 0 Å². The standard InChI is InChI=1S/C17H16N2O3/c1-12-6-5-7-13(2)17(12)18-16(20)11-10-14-8-3-4-9-15(14)19(21)22/h3-11H,1-2H3,(H,18,20)/b11-10+. The molecule has 0 aliphatic carbocycles. The third-order valence-corrected chi connectivity index (χ3v) is 3.28. The number of aryl methyl sites for hydroxylation is 2. The molecule has 0 heterocycles. The van der Waals surface area contributed by atoms with Crippen LogP contribution in [0.25, 0.3) is 6.08 Å². The molecule has 2 aromatic rings. The third-order valence-electron chi connectivity index (χ3n) is 3.28. The number of hydrogen-bond donors (Lipinski definition) is 1. The maximum absolute atomic E-state index is 12.0. The van der Waals surface area contributed by atoms with E-state index in [0.29, 0.717) is 5.56 Å². The maximum atomic E-state index is 12.0. The summed E-state index contributed by atoms with van der Waals surface area (Å²) in [5.74, 6) is -0.324. The monoisotopic (exact) mass is 296 g/mol. The van der Waals surface area contributed by atoms with Crippen molar-refractivity contribution in [1.82, 2.24) is 0 Å². The Morgan fingerprint density at radius 3 is 2.36 bits per heavy atom. The molecular weight excluding hydrogens is 280 g/mol. The van der Waals surface area contributed by atoms with Crippen LogP contribution >= 0.6 is 0 Å². The predicted molar refractivity (Wildman–Crippen MR) is 86.7 cm³/mol. The minimum absolute atomic E-state index is 0.0291. The summed E-state index contributed by atoms with van der Waals surface area (Å²) in [6.45, 7) is 3.82. The molecule has 0 aromatic heterocycles. The molecule has 22 heavy (non-hydrogen) atoms. The lowest BCUT2D eigenvalue weighted by atomic mass is 10.1. The first kappa shape index (κ1) is 15.4. The number of carbonyl (C=O) groups is 1. The van der Waals surface area contributed by atoms with E-state index in [-0.39, 0.29) is 11.6 Å². The zero-order chi connectivity index (χ0) is 16.1. The van der Waals surface area contributed by atoms with E-state index in [4.69, 9.17) is 0 Å². The summed E-state index contributed by atoms with van der Waals surface area (Å²) in [7, 11) is 0. The molecule has 0 saturated carbocycles. The minimum atomic E-state index is -0.469. The SMILES string of the molecule is Cc1cccc(C)c1NC(=O)/C=C/c1ccccc1[N+](=O)[O-]. The Balaban J connectivity index is 2.18. The van der Waals surface area contributed by atoms with Crippen LogP contribution in [-0.4, -0.2) is 10.8 Å². The molecule has 5 heteroatoms. The molecule has 0 aliphatic rings. The number of nitrogens with zero attached hydrogens (tertiary/aromatic N) is 1. The fourth-order valence-electron chi connectivity index (χ4n) is 2.14. The van der Waals surface area contributed by atoms with Crippen LogP contribution in [0.3, 0.4) is 0 Å². The fraction of sp³-hybridized carbons (Fsp3) is 0.118. The van der Waals surface area contributed by atoms with Crippen LogP contribution in [-0.2, 0) is 4.79 Å². The Morgan fingerprint density at radius 1 is 1.09 bits per heavy atom. The van der Waals surface area contributed by atoms with E-state index in [0.717, 1.165) is 16.8 Å². The predicted octanol–water partition coefficient (Wildman–Crippen LogP) is 3.86. The molecule has 0 fully saturated rings. The lowest BCUT2D eigenvalue weighted by molar-refractivity contribution is -0.385. The number of carbonyl (C=O) groups excluding carboxylic acids is 1. The van der Waals surface area contributed by atoms with Crippen molar-refractivity contribution in [3.63, 3.8) is 0 Å². The summed E-state index contributed by atoms with van der Waals surface area (Å²) in [5, 5.41) is 13.7. The smallest absolute Gasteiger partial charge is 0.276 e. The molecule has 1 N–H and O–H groups in total. The van der Waals surface area contributed by atoms with Crippen LogP contribution < -0.4 is 5.32 Å². The third kappa shape index (κ3) is 3.58. The molecule has 1 amide bonds. The summed E-state index contributed by atoms with van der Waals surface area (Å²) in [4.78, 5) is 22.5. The highest BCUT2D eigenvalue weighted by molar-refractivity contribution is 6.03. The molecule has 2 aromatic carbocycles. The van der Waals surface area contributed by atoms with Gasteiger partial charge in [0.25, 0.3) is 5.69 Å². The number of nitro groups is 1. The van der Waals surface area contributed by atoms with Crippen LogP contribution in [0.15, 0.2) is 48.5 Å². The summed E-state index contributed by atoms with van der Waals surface area (Å²) in [5.41, 5.74) is 3.06. The molecule has 5 nitrogen and oxygen atoms in total. The highest BCUT2D eigenvalue weighted by Crippen LogP contribution is 2.21. The van der Waals surface area contributed by atoms with Gasteiger partial charge in [0, 0.05) is 17.8 Å². The summed E-state index contributed by atoms with van der Waals surface area (Å²) < 4.78 is 0. The van der Waals surface area contributed by atoms with E-state index in [1.807, 2.05) is 32.0 Å². The zero-order valence-corrected chi connectivity index (χ0v) is 12.4. The first-order chi connectivity index (χ1) is 10.5. The van der Waals surface area contributed by atoms with Gasteiger partial charge in [-0.1, -0.05) is 30.3 Å². The first-order valence-corrected chi connectivity index (χ1v) is 6.77.